The van der Waals surface area contributed by atoms with E-state index in [1.165, 1.54) is 0 Å². The van der Waals surface area contributed by atoms with Gasteiger partial charge in [-0.25, -0.2) is 4.79 Å². The largest absolute Gasteiger partial charge is 0.492 e. The van der Waals surface area contributed by atoms with E-state index in [0.717, 1.165) is 5.56 Å². The summed E-state index contributed by atoms with van der Waals surface area (Å²) in [5.74, 6) is 0.663. The summed E-state index contributed by atoms with van der Waals surface area (Å²) in [6, 6.07) is 5.21. The molecule has 0 fully saturated rings. The van der Waals surface area contributed by atoms with Gasteiger partial charge in [0.2, 0.25) is 0 Å². The monoisotopic (exact) mass is 280 g/mol. The number of amides is 2. The van der Waals surface area contributed by atoms with Crippen molar-refractivity contribution < 1.29 is 14.6 Å². The average molecular weight is 280 g/mol. The molecule has 2 atom stereocenters. The van der Waals surface area contributed by atoms with Gasteiger partial charge in [-0.05, 0) is 44.4 Å². The number of hydrogen-bond acceptors (Lipinski definition) is 3. The second-order valence-corrected chi connectivity index (χ2v) is 4.98. The number of aryl methyl sites for hydroxylation is 1. The van der Waals surface area contributed by atoms with E-state index in [4.69, 9.17) is 9.84 Å². The number of carbonyl (C=O) groups is 1. The van der Waals surface area contributed by atoms with Crippen LogP contribution in [0.25, 0.3) is 0 Å². The zero-order chi connectivity index (χ0) is 15.1. The second-order valence-electron chi connectivity index (χ2n) is 4.98. The molecule has 0 aliphatic carbocycles. The lowest BCUT2D eigenvalue weighted by molar-refractivity contribution is 0.204. The molecule has 0 aromatic heterocycles. The highest BCUT2D eigenvalue weighted by Crippen LogP contribution is 2.25. The first kappa shape index (κ1) is 16.3. The van der Waals surface area contributed by atoms with Gasteiger partial charge in [-0.3, -0.25) is 0 Å². The first-order valence-electron chi connectivity index (χ1n) is 6.89. The lowest BCUT2D eigenvalue weighted by Crippen LogP contribution is -2.40. The summed E-state index contributed by atoms with van der Waals surface area (Å²) in [6.07, 6.45) is 0. The Kier molecular flexibility index (Phi) is 6.31. The zero-order valence-electron chi connectivity index (χ0n) is 12.6. The van der Waals surface area contributed by atoms with Gasteiger partial charge >= 0.3 is 6.03 Å². The predicted molar refractivity (Wildman–Crippen MR) is 80.2 cm³/mol. The van der Waals surface area contributed by atoms with Crippen molar-refractivity contribution in [2.75, 3.05) is 18.5 Å². The molecule has 2 amide bonds. The Morgan fingerprint density at radius 1 is 1.40 bits per heavy atom. The van der Waals surface area contributed by atoms with Crippen LogP contribution in [0.4, 0.5) is 10.5 Å². The smallest absolute Gasteiger partial charge is 0.319 e. The summed E-state index contributed by atoms with van der Waals surface area (Å²) in [4.78, 5) is 11.9. The fourth-order valence-electron chi connectivity index (χ4n) is 1.67. The molecule has 0 bridgehead atoms. The minimum atomic E-state index is -0.303. The van der Waals surface area contributed by atoms with Crippen LogP contribution in [0.1, 0.15) is 26.3 Å². The highest BCUT2D eigenvalue weighted by Gasteiger charge is 2.15. The maximum absolute atomic E-state index is 11.9. The van der Waals surface area contributed by atoms with Crippen LogP contribution in [-0.4, -0.2) is 30.4 Å². The van der Waals surface area contributed by atoms with E-state index in [1.54, 1.807) is 0 Å². The fourth-order valence-corrected chi connectivity index (χ4v) is 1.67. The maximum Gasteiger partial charge on any atom is 0.319 e. The van der Waals surface area contributed by atoms with Crippen LogP contribution in [-0.2, 0) is 0 Å². The number of nitrogens with one attached hydrogen (secondary N) is 2. The Morgan fingerprint density at radius 2 is 2.10 bits per heavy atom. The number of aliphatic hydroxyl groups excluding tert-OH is 1. The number of hydrogen-bond donors (Lipinski definition) is 3. The SMILES string of the molecule is CCOc1cc(C)ccc1NC(=O)NC(C)C(C)CO. The Morgan fingerprint density at radius 3 is 2.70 bits per heavy atom. The number of urea groups is 1. The number of ether oxygens (including phenoxy) is 1. The molecule has 0 aliphatic rings. The zero-order valence-corrected chi connectivity index (χ0v) is 12.6. The predicted octanol–water partition coefficient (Wildman–Crippen LogP) is 2.53. The summed E-state index contributed by atoms with van der Waals surface area (Å²) in [6.45, 7) is 8.18. The number of carbonyl (C=O) groups excluding carboxylic acids is 1. The van der Waals surface area contributed by atoms with Crippen molar-refractivity contribution in [3.05, 3.63) is 23.8 Å². The molecule has 5 nitrogen and oxygen atoms in total. The van der Waals surface area contributed by atoms with Crippen LogP contribution in [0.2, 0.25) is 0 Å². The molecular formula is C15H24N2O3. The van der Waals surface area contributed by atoms with Crippen molar-refractivity contribution in [1.82, 2.24) is 5.32 Å². The second kappa shape index (κ2) is 7.75. The Balaban J connectivity index is 2.70. The van der Waals surface area contributed by atoms with E-state index >= 15 is 0 Å². The molecule has 0 aliphatic heterocycles. The van der Waals surface area contributed by atoms with Gasteiger partial charge in [-0.1, -0.05) is 13.0 Å². The third-order valence-corrected chi connectivity index (χ3v) is 3.19. The lowest BCUT2D eigenvalue weighted by atomic mass is 10.1. The van der Waals surface area contributed by atoms with Gasteiger partial charge in [0.1, 0.15) is 5.75 Å². The van der Waals surface area contributed by atoms with Crippen LogP contribution in [0, 0.1) is 12.8 Å². The van der Waals surface area contributed by atoms with Crippen molar-refractivity contribution in [3.63, 3.8) is 0 Å². The maximum atomic E-state index is 11.9. The van der Waals surface area contributed by atoms with Crippen LogP contribution in [0.5, 0.6) is 5.75 Å². The van der Waals surface area contributed by atoms with Gasteiger partial charge in [0.25, 0.3) is 0 Å². The van der Waals surface area contributed by atoms with Crippen molar-refractivity contribution in [2.45, 2.75) is 33.7 Å². The average Bonchev–Trinajstić information content (AvgIpc) is 2.41. The highest BCUT2D eigenvalue weighted by molar-refractivity contribution is 5.91. The van der Waals surface area contributed by atoms with E-state index in [-0.39, 0.29) is 24.6 Å². The topological polar surface area (TPSA) is 70.6 Å². The Labute approximate surface area is 120 Å². The third-order valence-electron chi connectivity index (χ3n) is 3.19. The standard InChI is InChI=1S/C15H24N2O3/c1-5-20-14-8-10(2)6-7-13(14)17-15(19)16-12(4)11(3)9-18/h6-8,11-12,18H,5,9H2,1-4H3,(H2,16,17,19). The Hall–Kier alpha value is -1.75. The van der Waals surface area contributed by atoms with Crippen molar-refractivity contribution in [2.24, 2.45) is 5.92 Å². The van der Waals surface area contributed by atoms with Crippen molar-refractivity contribution in [3.8, 4) is 5.75 Å². The van der Waals surface area contributed by atoms with Crippen LogP contribution >= 0.6 is 0 Å². The summed E-state index contributed by atoms with van der Waals surface area (Å²) in [7, 11) is 0. The van der Waals surface area contributed by atoms with E-state index in [9.17, 15) is 4.79 Å². The molecule has 0 radical (unpaired) electrons. The summed E-state index contributed by atoms with van der Waals surface area (Å²) >= 11 is 0. The third kappa shape index (κ3) is 4.74. The Bertz CT molecular complexity index is 449. The molecule has 1 rings (SSSR count). The van der Waals surface area contributed by atoms with E-state index in [2.05, 4.69) is 10.6 Å². The van der Waals surface area contributed by atoms with Gasteiger partial charge in [-0.2, -0.15) is 0 Å². The van der Waals surface area contributed by atoms with Gasteiger partial charge in [0.05, 0.1) is 12.3 Å². The molecule has 5 heteroatoms. The first-order chi connectivity index (χ1) is 9.47. The lowest BCUT2D eigenvalue weighted by Gasteiger charge is -2.20. The van der Waals surface area contributed by atoms with Gasteiger partial charge in [-0.15, -0.1) is 0 Å². The van der Waals surface area contributed by atoms with Gasteiger partial charge < -0.3 is 20.5 Å². The molecule has 1 aromatic carbocycles. The summed E-state index contributed by atoms with van der Waals surface area (Å²) in [5, 5.41) is 14.6. The van der Waals surface area contributed by atoms with Crippen LogP contribution in [0.3, 0.4) is 0 Å². The molecule has 0 spiro atoms. The molecule has 0 heterocycles. The minimum absolute atomic E-state index is 0.00475. The normalized spacial score (nSPS) is 13.4. The van der Waals surface area contributed by atoms with Crippen LogP contribution < -0.4 is 15.4 Å². The number of benzene rings is 1. The van der Waals surface area contributed by atoms with E-state index in [1.807, 2.05) is 45.9 Å². The summed E-state index contributed by atoms with van der Waals surface area (Å²) < 4.78 is 5.51. The minimum Gasteiger partial charge on any atom is -0.492 e. The van der Waals surface area contributed by atoms with E-state index in [0.29, 0.717) is 18.0 Å². The summed E-state index contributed by atoms with van der Waals surface area (Å²) in [5.41, 5.74) is 1.71. The highest BCUT2D eigenvalue weighted by atomic mass is 16.5. The van der Waals surface area contributed by atoms with Crippen molar-refractivity contribution in [1.29, 1.82) is 0 Å². The first-order valence-corrected chi connectivity index (χ1v) is 6.89. The number of rotatable bonds is 6. The van der Waals surface area contributed by atoms with Crippen molar-refractivity contribution >= 4 is 11.7 Å². The number of anilines is 1. The molecule has 0 saturated carbocycles. The molecule has 1 aromatic rings. The van der Waals surface area contributed by atoms with Gasteiger partial charge in [0.15, 0.2) is 0 Å². The quantitative estimate of drug-likeness (QED) is 0.750. The molecule has 2 unspecified atom stereocenters. The molecule has 0 saturated heterocycles. The molecular weight excluding hydrogens is 256 g/mol. The van der Waals surface area contributed by atoms with Crippen LogP contribution in [0.15, 0.2) is 18.2 Å². The van der Waals surface area contributed by atoms with E-state index < -0.39 is 0 Å². The van der Waals surface area contributed by atoms with Gasteiger partial charge in [0, 0.05) is 12.6 Å². The molecule has 112 valence electrons. The molecule has 20 heavy (non-hydrogen) atoms. The fraction of sp³-hybridized carbons (Fsp3) is 0.533. The number of aliphatic hydroxyl groups is 1. The molecule has 3 N–H and O–H groups in total.